The van der Waals surface area contributed by atoms with Gasteiger partial charge in [0.1, 0.15) is 10.3 Å². The average Bonchev–Trinajstić information content (AvgIpc) is 2.67. The maximum absolute atomic E-state index is 12.2. The van der Waals surface area contributed by atoms with E-state index in [0.717, 1.165) is 5.69 Å². The first kappa shape index (κ1) is 19.1. The van der Waals surface area contributed by atoms with Gasteiger partial charge in [0, 0.05) is 30.3 Å². The van der Waals surface area contributed by atoms with Crippen molar-refractivity contribution in [3.05, 3.63) is 23.5 Å². The van der Waals surface area contributed by atoms with Gasteiger partial charge in [-0.3, -0.25) is 0 Å². The molecular formula is C16H28N2O3S. The van der Waals surface area contributed by atoms with E-state index in [2.05, 4.69) is 4.72 Å². The molecule has 126 valence electrons. The van der Waals surface area contributed by atoms with Crippen LogP contribution in [0, 0.1) is 0 Å². The van der Waals surface area contributed by atoms with Gasteiger partial charge < -0.3 is 13.9 Å². The Morgan fingerprint density at radius 2 is 1.86 bits per heavy atom. The van der Waals surface area contributed by atoms with Crippen LogP contribution in [0.4, 0.5) is 0 Å². The highest BCUT2D eigenvalue weighted by atomic mass is 32.2. The van der Waals surface area contributed by atoms with Crippen LogP contribution in [-0.4, -0.2) is 25.4 Å². The van der Waals surface area contributed by atoms with Crippen molar-refractivity contribution >= 4 is 17.3 Å². The minimum atomic E-state index is -1.17. The highest BCUT2D eigenvalue weighted by Gasteiger charge is 2.29. The predicted octanol–water partition coefficient (Wildman–Crippen LogP) is 3.09. The Kier molecular flexibility index (Phi) is 5.76. The van der Waals surface area contributed by atoms with Crippen LogP contribution in [0.25, 0.3) is 0 Å². The molecule has 0 amide bonds. The van der Waals surface area contributed by atoms with Gasteiger partial charge in [-0.2, -0.15) is 0 Å². The largest absolute Gasteiger partial charge is 0.598 e. The molecule has 2 atom stereocenters. The maximum atomic E-state index is 12.2. The lowest BCUT2D eigenvalue weighted by Gasteiger charge is -2.26. The fourth-order valence-corrected chi connectivity index (χ4v) is 2.65. The molecule has 0 spiro atoms. The second-order valence-electron chi connectivity index (χ2n) is 7.49. The standard InChI is InChI=1S/C16H28N2O3S/c1-11(17-22(20)16(5,6)7)13-9-12(10-18(13)8)14(19)21-15(2,3)4/h9-11,17H,1-8H3/t11-,22?/m1/s1. The molecule has 1 aromatic heterocycles. The summed E-state index contributed by atoms with van der Waals surface area (Å²) in [5, 5.41) is 0. The summed E-state index contributed by atoms with van der Waals surface area (Å²) >= 11 is -1.17. The summed E-state index contributed by atoms with van der Waals surface area (Å²) in [5.41, 5.74) is 0.867. The Bertz CT molecular complexity index is 526. The van der Waals surface area contributed by atoms with E-state index >= 15 is 0 Å². The number of hydrogen-bond donors (Lipinski definition) is 1. The summed E-state index contributed by atoms with van der Waals surface area (Å²) in [5.74, 6) is -0.349. The number of nitrogens with one attached hydrogen (secondary N) is 1. The summed E-state index contributed by atoms with van der Waals surface area (Å²) in [6, 6.07) is 1.65. The number of hydrogen-bond acceptors (Lipinski definition) is 4. The average molecular weight is 328 g/mol. The predicted molar refractivity (Wildman–Crippen MR) is 90.0 cm³/mol. The summed E-state index contributed by atoms with van der Waals surface area (Å²) < 4.78 is 22.2. The molecule has 0 saturated heterocycles. The lowest BCUT2D eigenvalue weighted by atomic mass is 10.2. The molecule has 0 saturated carbocycles. The molecular weight excluding hydrogens is 300 g/mol. The first-order valence-corrected chi connectivity index (χ1v) is 8.54. The molecule has 1 rings (SSSR count). The quantitative estimate of drug-likeness (QED) is 0.681. The van der Waals surface area contributed by atoms with Gasteiger partial charge in [0.2, 0.25) is 0 Å². The zero-order valence-corrected chi connectivity index (χ0v) is 15.6. The zero-order chi connectivity index (χ0) is 17.3. The molecule has 1 unspecified atom stereocenters. The van der Waals surface area contributed by atoms with Crippen molar-refractivity contribution in [3.63, 3.8) is 0 Å². The van der Waals surface area contributed by atoms with Crippen molar-refractivity contribution in [2.75, 3.05) is 0 Å². The lowest BCUT2D eigenvalue weighted by Crippen LogP contribution is -2.40. The Morgan fingerprint density at radius 3 is 2.32 bits per heavy atom. The molecule has 22 heavy (non-hydrogen) atoms. The first-order valence-electron chi connectivity index (χ1n) is 7.39. The monoisotopic (exact) mass is 328 g/mol. The normalized spacial score (nSPS) is 15.5. The van der Waals surface area contributed by atoms with Crippen LogP contribution in [0.2, 0.25) is 0 Å². The van der Waals surface area contributed by atoms with E-state index < -0.39 is 17.0 Å². The molecule has 0 radical (unpaired) electrons. The van der Waals surface area contributed by atoms with Gasteiger partial charge in [-0.25, -0.2) is 4.79 Å². The van der Waals surface area contributed by atoms with Crippen LogP contribution in [0.5, 0.6) is 0 Å². The van der Waals surface area contributed by atoms with Crippen LogP contribution >= 0.6 is 0 Å². The third-order valence-electron chi connectivity index (χ3n) is 2.96. The number of carbonyl (C=O) groups is 1. The Balaban J connectivity index is 2.88. The third-order valence-corrected chi connectivity index (χ3v) is 4.64. The molecule has 5 nitrogen and oxygen atoms in total. The molecule has 1 heterocycles. The van der Waals surface area contributed by atoms with Crippen molar-refractivity contribution in [1.29, 1.82) is 0 Å². The second kappa shape index (κ2) is 6.64. The SMILES string of the molecule is C[C@@H](N[S+]([O-])C(C)(C)C)c1cc(C(=O)OC(C)(C)C)cn1C. The van der Waals surface area contributed by atoms with Crippen LogP contribution in [-0.2, 0) is 23.1 Å². The highest BCUT2D eigenvalue weighted by Crippen LogP contribution is 2.22. The lowest BCUT2D eigenvalue weighted by molar-refractivity contribution is 0.00695. The van der Waals surface area contributed by atoms with Crippen LogP contribution in [0.1, 0.15) is 70.6 Å². The molecule has 0 aliphatic carbocycles. The van der Waals surface area contributed by atoms with Gasteiger partial charge in [0.25, 0.3) is 0 Å². The molecule has 0 bridgehead atoms. The molecule has 0 aliphatic heterocycles. The molecule has 1 aromatic rings. The maximum Gasteiger partial charge on any atom is 0.340 e. The molecule has 1 N–H and O–H groups in total. The van der Waals surface area contributed by atoms with Gasteiger partial charge >= 0.3 is 5.97 Å². The summed E-state index contributed by atoms with van der Waals surface area (Å²) in [7, 11) is 1.86. The number of aromatic nitrogens is 1. The van der Waals surface area contributed by atoms with E-state index in [0.29, 0.717) is 5.56 Å². The van der Waals surface area contributed by atoms with Crippen molar-refractivity contribution in [3.8, 4) is 0 Å². The van der Waals surface area contributed by atoms with Gasteiger partial charge in [0.15, 0.2) is 0 Å². The molecule has 0 fully saturated rings. The number of rotatable bonds is 4. The van der Waals surface area contributed by atoms with Gasteiger partial charge in [-0.15, -0.1) is 4.72 Å². The van der Waals surface area contributed by atoms with E-state index in [1.165, 1.54) is 0 Å². The fourth-order valence-electron chi connectivity index (χ4n) is 1.86. The number of nitrogens with zero attached hydrogens (tertiary/aromatic N) is 1. The van der Waals surface area contributed by atoms with Gasteiger partial charge in [-0.05, 0) is 54.5 Å². The number of carbonyl (C=O) groups excluding carboxylic acids is 1. The third kappa shape index (κ3) is 5.34. The van der Waals surface area contributed by atoms with Crippen LogP contribution < -0.4 is 4.72 Å². The Hall–Kier alpha value is -0.980. The van der Waals surface area contributed by atoms with Crippen LogP contribution in [0.15, 0.2) is 12.3 Å². The summed E-state index contributed by atoms with van der Waals surface area (Å²) in [6.45, 7) is 13.2. The van der Waals surface area contributed by atoms with Crippen molar-refractivity contribution in [2.45, 2.75) is 64.9 Å². The van der Waals surface area contributed by atoms with Crippen molar-refractivity contribution < 1.29 is 14.1 Å². The highest BCUT2D eigenvalue weighted by molar-refractivity contribution is 7.90. The molecule has 0 aromatic carbocycles. The second-order valence-corrected chi connectivity index (χ2v) is 9.48. The number of aryl methyl sites for hydroxylation is 1. The van der Waals surface area contributed by atoms with Gasteiger partial charge in [0.05, 0.1) is 11.6 Å². The van der Waals surface area contributed by atoms with E-state index in [1.807, 2.05) is 60.1 Å². The number of esters is 1. The molecule has 6 heteroatoms. The van der Waals surface area contributed by atoms with E-state index in [4.69, 9.17) is 4.74 Å². The van der Waals surface area contributed by atoms with E-state index in [1.54, 1.807) is 12.3 Å². The topological polar surface area (TPSA) is 66.3 Å². The zero-order valence-electron chi connectivity index (χ0n) is 14.8. The van der Waals surface area contributed by atoms with Crippen molar-refractivity contribution in [1.82, 2.24) is 9.29 Å². The Labute approximate surface area is 136 Å². The van der Waals surface area contributed by atoms with Crippen molar-refractivity contribution in [2.24, 2.45) is 7.05 Å². The summed E-state index contributed by atoms with van der Waals surface area (Å²) in [4.78, 5) is 12.1. The number of ether oxygens (including phenoxy) is 1. The minimum absolute atomic E-state index is 0.138. The van der Waals surface area contributed by atoms with Gasteiger partial charge in [-0.1, -0.05) is 0 Å². The fraction of sp³-hybridized carbons (Fsp3) is 0.688. The Morgan fingerprint density at radius 1 is 1.32 bits per heavy atom. The summed E-state index contributed by atoms with van der Waals surface area (Å²) in [6.07, 6.45) is 1.74. The van der Waals surface area contributed by atoms with E-state index in [-0.39, 0.29) is 16.8 Å². The minimum Gasteiger partial charge on any atom is -0.598 e. The molecule has 0 aliphatic rings. The first-order chi connectivity index (χ1) is 9.81. The smallest absolute Gasteiger partial charge is 0.340 e. The van der Waals surface area contributed by atoms with E-state index in [9.17, 15) is 9.35 Å². The van der Waals surface area contributed by atoms with Crippen LogP contribution in [0.3, 0.4) is 0 Å².